The van der Waals surface area contributed by atoms with Gasteiger partial charge in [-0.15, -0.1) is 0 Å². The quantitative estimate of drug-likeness (QED) is 0.868. The van der Waals surface area contributed by atoms with Gasteiger partial charge in [-0.3, -0.25) is 9.59 Å². The highest BCUT2D eigenvalue weighted by molar-refractivity contribution is 5.97. The topological polar surface area (TPSA) is 49.4 Å². The molecule has 0 radical (unpaired) electrons. The van der Waals surface area contributed by atoms with Crippen LogP contribution in [-0.2, 0) is 9.59 Å². The van der Waals surface area contributed by atoms with Gasteiger partial charge >= 0.3 is 0 Å². The molecule has 4 heteroatoms. The van der Waals surface area contributed by atoms with Gasteiger partial charge in [0.05, 0.1) is 0 Å². The molecule has 118 valence electrons. The fourth-order valence-corrected chi connectivity index (χ4v) is 4.20. The van der Waals surface area contributed by atoms with Crippen LogP contribution >= 0.6 is 0 Å². The van der Waals surface area contributed by atoms with Gasteiger partial charge in [0.2, 0.25) is 11.8 Å². The summed E-state index contributed by atoms with van der Waals surface area (Å²) in [6.07, 6.45) is 6.87. The molecular weight excluding hydrogens is 264 g/mol. The maximum atomic E-state index is 13.0. The summed E-state index contributed by atoms with van der Waals surface area (Å²) in [5.74, 6) is 1.33. The van der Waals surface area contributed by atoms with Gasteiger partial charge in [-0.25, -0.2) is 0 Å². The van der Waals surface area contributed by atoms with Crippen molar-refractivity contribution < 1.29 is 9.59 Å². The highest BCUT2D eigenvalue weighted by atomic mass is 16.2. The van der Waals surface area contributed by atoms with Crippen molar-refractivity contribution in [3.05, 3.63) is 0 Å². The van der Waals surface area contributed by atoms with E-state index in [9.17, 15) is 9.59 Å². The minimum absolute atomic E-state index is 0.0688. The predicted molar refractivity (Wildman–Crippen MR) is 81.5 cm³/mol. The molecule has 2 saturated carbocycles. The molecule has 2 aliphatic carbocycles. The smallest absolute Gasteiger partial charge is 0.246 e. The Hall–Kier alpha value is -1.06. The lowest BCUT2D eigenvalue weighted by Crippen LogP contribution is -2.67. The van der Waals surface area contributed by atoms with Crippen molar-refractivity contribution in [2.24, 2.45) is 17.8 Å². The number of hydrogen-bond donors (Lipinski definition) is 1. The molecule has 4 unspecified atom stereocenters. The molecule has 0 aromatic heterocycles. The SMILES string of the molecule is CC(C)C1C(=O)NC(C2CCCCC2)C(=O)N1C1CC1C. The van der Waals surface area contributed by atoms with Crippen molar-refractivity contribution in [2.75, 3.05) is 0 Å². The number of amides is 2. The lowest BCUT2D eigenvalue weighted by Gasteiger charge is -2.44. The van der Waals surface area contributed by atoms with E-state index in [0.29, 0.717) is 17.9 Å². The molecule has 1 heterocycles. The van der Waals surface area contributed by atoms with E-state index in [1.165, 1.54) is 19.3 Å². The Morgan fingerprint density at radius 2 is 1.76 bits per heavy atom. The van der Waals surface area contributed by atoms with Crippen LogP contribution in [0.3, 0.4) is 0 Å². The number of nitrogens with zero attached hydrogens (tertiary/aromatic N) is 1. The van der Waals surface area contributed by atoms with E-state index in [2.05, 4.69) is 12.2 Å². The molecule has 3 rings (SSSR count). The van der Waals surface area contributed by atoms with Crippen molar-refractivity contribution in [3.63, 3.8) is 0 Å². The minimum Gasteiger partial charge on any atom is -0.342 e. The van der Waals surface area contributed by atoms with Crippen molar-refractivity contribution in [2.45, 2.75) is 77.4 Å². The summed E-state index contributed by atoms with van der Waals surface area (Å²) in [5, 5.41) is 3.06. The zero-order valence-electron chi connectivity index (χ0n) is 13.5. The van der Waals surface area contributed by atoms with Crippen LogP contribution in [0.4, 0.5) is 0 Å². The number of nitrogens with one attached hydrogen (secondary N) is 1. The molecule has 1 N–H and O–H groups in total. The third-order valence-electron chi connectivity index (χ3n) is 5.56. The van der Waals surface area contributed by atoms with Crippen LogP contribution in [0.2, 0.25) is 0 Å². The van der Waals surface area contributed by atoms with Crippen LogP contribution in [0, 0.1) is 17.8 Å². The zero-order chi connectivity index (χ0) is 15.1. The Kier molecular flexibility index (Phi) is 3.98. The largest absolute Gasteiger partial charge is 0.342 e. The van der Waals surface area contributed by atoms with Crippen LogP contribution in [-0.4, -0.2) is 34.8 Å². The van der Waals surface area contributed by atoms with Gasteiger partial charge in [-0.2, -0.15) is 0 Å². The Bertz CT molecular complexity index is 429. The molecule has 4 atom stereocenters. The zero-order valence-corrected chi connectivity index (χ0v) is 13.5. The first-order valence-electron chi connectivity index (χ1n) is 8.63. The predicted octanol–water partition coefficient (Wildman–Crippen LogP) is 2.33. The summed E-state index contributed by atoms with van der Waals surface area (Å²) in [6, 6.07) is -0.241. The van der Waals surface area contributed by atoms with Crippen LogP contribution in [0.25, 0.3) is 0 Å². The van der Waals surface area contributed by atoms with Crippen LogP contribution in [0.1, 0.15) is 59.3 Å². The Morgan fingerprint density at radius 1 is 1.14 bits per heavy atom. The fraction of sp³-hybridized carbons (Fsp3) is 0.882. The number of piperazine rings is 1. The third kappa shape index (κ3) is 2.69. The number of hydrogen-bond acceptors (Lipinski definition) is 2. The van der Waals surface area contributed by atoms with Gasteiger partial charge in [-0.05, 0) is 37.0 Å². The second-order valence-electron chi connectivity index (χ2n) is 7.60. The molecule has 0 spiro atoms. The summed E-state index contributed by atoms with van der Waals surface area (Å²) in [5.41, 5.74) is 0. The second kappa shape index (κ2) is 5.62. The Labute approximate surface area is 127 Å². The van der Waals surface area contributed by atoms with Gasteiger partial charge in [-0.1, -0.05) is 40.0 Å². The maximum Gasteiger partial charge on any atom is 0.246 e. The molecule has 0 aromatic carbocycles. The highest BCUT2D eigenvalue weighted by Gasteiger charge is 2.52. The van der Waals surface area contributed by atoms with Crippen molar-refractivity contribution in [1.82, 2.24) is 10.2 Å². The normalized spacial score (nSPS) is 37.8. The minimum atomic E-state index is -0.271. The van der Waals surface area contributed by atoms with Gasteiger partial charge < -0.3 is 10.2 Å². The van der Waals surface area contributed by atoms with Crippen molar-refractivity contribution in [1.29, 1.82) is 0 Å². The molecule has 0 aromatic rings. The summed E-state index contributed by atoms with van der Waals surface area (Å²) in [7, 11) is 0. The molecule has 3 aliphatic rings. The van der Waals surface area contributed by atoms with E-state index in [-0.39, 0.29) is 29.8 Å². The van der Waals surface area contributed by atoms with E-state index in [1.807, 2.05) is 18.7 Å². The standard InChI is InChI=1S/C17H28N2O2/c1-10(2)15-16(20)18-14(12-7-5-4-6-8-12)17(21)19(15)13-9-11(13)3/h10-15H,4-9H2,1-3H3,(H,18,20). The lowest BCUT2D eigenvalue weighted by atomic mass is 9.81. The molecule has 3 fully saturated rings. The monoisotopic (exact) mass is 292 g/mol. The number of rotatable bonds is 3. The first-order valence-corrected chi connectivity index (χ1v) is 8.63. The summed E-state index contributed by atoms with van der Waals surface area (Å²) < 4.78 is 0. The molecular formula is C17H28N2O2. The molecule has 2 amide bonds. The van der Waals surface area contributed by atoms with E-state index in [4.69, 9.17) is 0 Å². The third-order valence-corrected chi connectivity index (χ3v) is 5.56. The van der Waals surface area contributed by atoms with Gasteiger partial charge in [0, 0.05) is 6.04 Å². The summed E-state index contributed by atoms with van der Waals surface area (Å²) >= 11 is 0. The average molecular weight is 292 g/mol. The van der Waals surface area contributed by atoms with Crippen LogP contribution in [0.5, 0.6) is 0 Å². The first-order chi connectivity index (χ1) is 10.0. The second-order valence-corrected chi connectivity index (χ2v) is 7.60. The molecule has 21 heavy (non-hydrogen) atoms. The Balaban J connectivity index is 1.82. The lowest BCUT2D eigenvalue weighted by molar-refractivity contribution is -0.154. The number of carbonyl (C=O) groups is 2. The van der Waals surface area contributed by atoms with E-state index in [0.717, 1.165) is 19.3 Å². The Morgan fingerprint density at radius 3 is 2.29 bits per heavy atom. The number of carbonyl (C=O) groups excluding carboxylic acids is 2. The van der Waals surface area contributed by atoms with E-state index >= 15 is 0 Å². The molecule has 0 bridgehead atoms. The van der Waals surface area contributed by atoms with Gasteiger partial charge in [0.1, 0.15) is 12.1 Å². The van der Waals surface area contributed by atoms with Crippen molar-refractivity contribution in [3.8, 4) is 0 Å². The van der Waals surface area contributed by atoms with E-state index < -0.39 is 0 Å². The fourth-order valence-electron chi connectivity index (χ4n) is 4.20. The summed E-state index contributed by atoms with van der Waals surface area (Å²) in [4.78, 5) is 27.6. The van der Waals surface area contributed by atoms with Gasteiger partial charge in [0.25, 0.3) is 0 Å². The average Bonchev–Trinajstić information content (AvgIpc) is 3.17. The van der Waals surface area contributed by atoms with Crippen LogP contribution < -0.4 is 5.32 Å². The molecule has 1 aliphatic heterocycles. The molecule has 4 nitrogen and oxygen atoms in total. The molecule has 1 saturated heterocycles. The van der Waals surface area contributed by atoms with Gasteiger partial charge in [0.15, 0.2) is 0 Å². The van der Waals surface area contributed by atoms with Crippen LogP contribution in [0.15, 0.2) is 0 Å². The maximum absolute atomic E-state index is 13.0. The van der Waals surface area contributed by atoms with E-state index in [1.54, 1.807) is 0 Å². The summed E-state index contributed by atoms with van der Waals surface area (Å²) in [6.45, 7) is 6.26. The van der Waals surface area contributed by atoms with Crippen molar-refractivity contribution >= 4 is 11.8 Å². The first kappa shape index (κ1) is 14.9. The highest BCUT2D eigenvalue weighted by Crippen LogP contribution is 2.40.